The first-order chi connectivity index (χ1) is 8.47. The van der Waals surface area contributed by atoms with Crippen molar-refractivity contribution in [2.45, 2.75) is 20.3 Å². The second-order valence-corrected chi connectivity index (χ2v) is 6.11. The SMILES string of the molecule is CC1CC(C)CN(C(=O)c2ccc([N+](=O)[O-])s2)C1. The Hall–Kier alpha value is -1.43. The Morgan fingerprint density at radius 3 is 2.50 bits per heavy atom. The Balaban J connectivity index is 2.12. The first-order valence-electron chi connectivity index (χ1n) is 6.01. The molecule has 1 aliphatic heterocycles. The molecule has 1 amide bonds. The van der Waals surface area contributed by atoms with Crippen LogP contribution in [0.1, 0.15) is 29.9 Å². The van der Waals surface area contributed by atoms with Crippen molar-refractivity contribution < 1.29 is 9.72 Å². The number of nitro groups is 1. The average Bonchev–Trinajstić information content (AvgIpc) is 2.75. The molecule has 0 saturated carbocycles. The Labute approximate surface area is 110 Å². The summed E-state index contributed by atoms with van der Waals surface area (Å²) >= 11 is 0.955. The van der Waals surface area contributed by atoms with Gasteiger partial charge in [-0.15, -0.1) is 0 Å². The van der Waals surface area contributed by atoms with Gasteiger partial charge in [0.1, 0.15) is 0 Å². The van der Waals surface area contributed by atoms with Crippen LogP contribution >= 0.6 is 11.3 Å². The van der Waals surface area contributed by atoms with Crippen LogP contribution in [0.25, 0.3) is 0 Å². The molecule has 1 saturated heterocycles. The molecule has 0 bridgehead atoms. The van der Waals surface area contributed by atoms with Crippen LogP contribution in [-0.4, -0.2) is 28.8 Å². The maximum absolute atomic E-state index is 12.2. The summed E-state index contributed by atoms with van der Waals surface area (Å²) in [5, 5.41) is 10.6. The highest BCUT2D eigenvalue weighted by Crippen LogP contribution is 2.28. The number of hydrogen-bond acceptors (Lipinski definition) is 4. The lowest BCUT2D eigenvalue weighted by molar-refractivity contribution is -0.380. The fourth-order valence-corrected chi connectivity index (χ4v) is 3.31. The van der Waals surface area contributed by atoms with E-state index in [0.29, 0.717) is 16.7 Å². The van der Waals surface area contributed by atoms with E-state index in [1.807, 2.05) is 4.90 Å². The molecule has 0 spiro atoms. The third-order valence-electron chi connectivity index (χ3n) is 3.14. The number of thiophene rings is 1. The van der Waals surface area contributed by atoms with Crippen molar-refractivity contribution in [1.82, 2.24) is 4.90 Å². The van der Waals surface area contributed by atoms with Gasteiger partial charge in [-0.3, -0.25) is 14.9 Å². The summed E-state index contributed by atoms with van der Waals surface area (Å²) < 4.78 is 0. The maximum Gasteiger partial charge on any atom is 0.324 e. The minimum atomic E-state index is -0.455. The molecule has 1 aliphatic rings. The van der Waals surface area contributed by atoms with Gasteiger partial charge >= 0.3 is 5.00 Å². The first-order valence-corrected chi connectivity index (χ1v) is 6.82. The number of hydrogen-bond donors (Lipinski definition) is 0. The van der Waals surface area contributed by atoms with Crippen molar-refractivity contribution >= 4 is 22.2 Å². The fraction of sp³-hybridized carbons (Fsp3) is 0.583. The quantitative estimate of drug-likeness (QED) is 0.612. The molecule has 6 heteroatoms. The zero-order valence-corrected chi connectivity index (χ0v) is 11.3. The van der Waals surface area contributed by atoms with Crippen LogP contribution in [0.2, 0.25) is 0 Å². The lowest BCUT2D eigenvalue weighted by atomic mass is 9.92. The summed E-state index contributed by atoms with van der Waals surface area (Å²) in [6.07, 6.45) is 1.13. The zero-order valence-electron chi connectivity index (χ0n) is 10.5. The molecule has 2 atom stereocenters. The van der Waals surface area contributed by atoms with E-state index in [4.69, 9.17) is 0 Å². The summed E-state index contributed by atoms with van der Waals surface area (Å²) in [5.74, 6) is 0.909. The smallest absolute Gasteiger partial charge is 0.324 e. The molecule has 1 fully saturated rings. The standard InChI is InChI=1S/C12H16N2O3S/c1-8-5-9(2)7-13(6-8)12(15)10-3-4-11(18-10)14(16)17/h3-4,8-9H,5-7H2,1-2H3. The van der Waals surface area contributed by atoms with Gasteiger partial charge in [0.05, 0.1) is 9.80 Å². The molecular formula is C12H16N2O3S. The topological polar surface area (TPSA) is 63.5 Å². The summed E-state index contributed by atoms with van der Waals surface area (Å²) in [5.41, 5.74) is 0. The average molecular weight is 268 g/mol. The molecule has 0 aliphatic carbocycles. The highest BCUT2D eigenvalue weighted by Gasteiger charge is 2.27. The molecule has 0 N–H and O–H groups in total. The third kappa shape index (κ3) is 2.69. The number of nitrogens with zero attached hydrogens (tertiary/aromatic N) is 2. The van der Waals surface area contributed by atoms with Crippen LogP contribution in [0, 0.1) is 22.0 Å². The van der Waals surface area contributed by atoms with Crippen LogP contribution in [0.4, 0.5) is 5.00 Å². The normalized spacial score (nSPS) is 24.0. The molecule has 0 aromatic carbocycles. The van der Waals surface area contributed by atoms with Gasteiger partial charge < -0.3 is 4.90 Å². The van der Waals surface area contributed by atoms with Crippen LogP contribution in [0.3, 0.4) is 0 Å². The molecule has 2 heterocycles. The van der Waals surface area contributed by atoms with Crippen molar-refractivity contribution in [3.05, 3.63) is 27.1 Å². The number of carbonyl (C=O) groups excluding carboxylic acids is 1. The Morgan fingerprint density at radius 1 is 1.39 bits per heavy atom. The van der Waals surface area contributed by atoms with Crippen molar-refractivity contribution in [1.29, 1.82) is 0 Å². The van der Waals surface area contributed by atoms with Gasteiger partial charge in [-0.05, 0) is 24.3 Å². The summed E-state index contributed by atoms with van der Waals surface area (Å²) in [6.45, 7) is 5.75. The van der Waals surface area contributed by atoms with Crippen molar-refractivity contribution in [2.75, 3.05) is 13.1 Å². The molecule has 98 valence electrons. The molecule has 2 rings (SSSR count). The number of piperidine rings is 1. The highest BCUT2D eigenvalue weighted by atomic mass is 32.1. The van der Waals surface area contributed by atoms with Gasteiger partial charge in [0.25, 0.3) is 5.91 Å². The van der Waals surface area contributed by atoms with E-state index in [0.717, 1.165) is 30.8 Å². The number of carbonyl (C=O) groups is 1. The molecular weight excluding hydrogens is 252 g/mol. The first kappa shape index (κ1) is 13.0. The van der Waals surface area contributed by atoms with Crippen LogP contribution in [0.15, 0.2) is 12.1 Å². The number of rotatable bonds is 2. The predicted molar refractivity (Wildman–Crippen MR) is 69.8 cm³/mol. The Bertz CT molecular complexity index is 462. The van der Waals surface area contributed by atoms with E-state index in [-0.39, 0.29) is 10.9 Å². The molecule has 0 radical (unpaired) electrons. The van der Waals surface area contributed by atoms with Crippen molar-refractivity contribution in [3.63, 3.8) is 0 Å². The summed E-state index contributed by atoms with van der Waals surface area (Å²) in [6, 6.07) is 2.95. The lowest BCUT2D eigenvalue weighted by Crippen LogP contribution is -2.42. The van der Waals surface area contributed by atoms with Crippen LogP contribution < -0.4 is 0 Å². The van der Waals surface area contributed by atoms with Crippen LogP contribution in [-0.2, 0) is 0 Å². The summed E-state index contributed by atoms with van der Waals surface area (Å²) in [7, 11) is 0. The predicted octanol–water partition coefficient (Wildman–Crippen LogP) is 2.77. The zero-order chi connectivity index (χ0) is 13.3. The van der Waals surface area contributed by atoms with E-state index < -0.39 is 4.92 Å². The lowest BCUT2D eigenvalue weighted by Gasteiger charge is -2.34. The van der Waals surface area contributed by atoms with Gasteiger partial charge in [-0.2, -0.15) is 0 Å². The van der Waals surface area contributed by atoms with Crippen LogP contribution in [0.5, 0.6) is 0 Å². The minimum Gasteiger partial charge on any atom is -0.337 e. The number of likely N-dealkylation sites (tertiary alicyclic amines) is 1. The van der Waals surface area contributed by atoms with Crippen molar-refractivity contribution in [2.24, 2.45) is 11.8 Å². The second kappa shape index (κ2) is 5.06. The molecule has 2 unspecified atom stereocenters. The van der Waals surface area contributed by atoms with E-state index in [9.17, 15) is 14.9 Å². The fourth-order valence-electron chi connectivity index (χ4n) is 2.53. The maximum atomic E-state index is 12.2. The third-order valence-corrected chi connectivity index (χ3v) is 4.16. The van der Waals surface area contributed by atoms with Crippen molar-refractivity contribution in [3.8, 4) is 0 Å². The van der Waals surface area contributed by atoms with E-state index >= 15 is 0 Å². The van der Waals surface area contributed by atoms with Gasteiger partial charge in [-0.1, -0.05) is 25.2 Å². The van der Waals surface area contributed by atoms with E-state index in [1.54, 1.807) is 6.07 Å². The van der Waals surface area contributed by atoms with Gasteiger partial charge in [-0.25, -0.2) is 0 Å². The largest absolute Gasteiger partial charge is 0.337 e. The molecule has 5 nitrogen and oxygen atoms in total. The summed E-state index contributed by atoms with van der Waals surface area (Å²) in [4.78, 5) is 24.7. The second-order valence-electron chi connectivity index (χ2n) is 5.05. The van der Waals surface area contributed by atoms with Gasteiger partial charge in [0.15, 0.2) is 0 Å². The van der Waals surface area contributed by atoms with E-state index in [1.165, 1.54) is 6.07 Å². The highest BCUT2D eigenvalue weighted by molar-refractivity contribution is 7.17. The number of amides is 1. The Morgan fingerprint density at radius 2 is 2.00 bits per heavy atom. The van der Waals surface area contributed by atoms with Gasteiger partial charge in [0, 0.05) is 19.2 Å². The monoisotopic (exact) mass is 268 g/mol. The Kier molecular flexibility index (Phi) is 3.65. The minimum absolute atomic E-state index is 0.0245. The van der Waals surface area contributed by atoms with E-state index in [2.05, 4.69) is 13.8 Å². The molecule has 18 heavy (non-hydrogen) atoms. The molecule has 1 aromatic rings. The molecule has 1 aromatic heterocycles. The van der Waals surface area contributed by atoms with Gasteiger partial charge in [0.2, 0.25) is 0 Å².